The molecular formula is C16H23NO4. The molecule has 0 aliphatic carbocycles. The summed E-state index contributed by atoms with van der Waals surface area (Å²) in [5.41, 5.74) is 0.219. The number of hydrogen-bond acceptors (Lipinski definition) is 4. The monoisotopic (exact) mass is 293 g/mol. The van der Waals surface area contributed by atoms with E-state index in [-0.39, 0.29) is 6.04 Å². The number of para-hydroxylation sites is 1. The van der Waals surface area contributed by atoms with Gasteiger partial charge in [0.1, 0.15) is 18.0 Å². The Kier molecular flexibility index (Phi) is 4.42. The fourth-order valence-electron chi connectivity index (χ4n) is 2.28. The van der Waals surface area contributed by atoms with Crippen LogP contribution >= 0.6 is 0 Å². The highest BCUT2D eigenvalue weighted by atomic mass is 16.6. The normalized spacial score (nSPS) is 21.8. The summed E-state index contributed by atoms with van der Waals surface area (Å²) in [5, 5.41) is 10.3. The minimum atomic E-state index is -0.654. The third-order valence-electron chi connectivity index (χ3n) is 3.43. The van der Waals surface area contributed by atoms with Gasteiger partial charge in [0, 0.05) is 19.0 Å². The van der Waals surface area contributed by atoms with Gasteiger partial charge in [-0.05, 0) is 26.8 Å². The predicted octanol–water partition coefficient (Wildman–Crippen LogP) is 2.74. The van der Waals surface area contributed by atoms with Crippen LogP contribution in [0.4, 0.5) is 4.79 Å². The van der Waals surface area contributed by atoms with Gasteiger partial charge >= 0.3 is 6.09 Å². The second-order valence-electron chi connectivity index (χ2n) is 6.35. The summed E-state index contributed by atoms with van der Waals surface area (Å²) in [6.45, 7) is 5.82. The number of ether oxygens (including phenoxy) is 2. The quantitative estimate of drug-likeness (QED) is 0.865. The summed E-state index contributed by atoms with van der Waals surface area (Å²) in [7, 11) is 1.67. The van der Waals surface area contributed by atoms with E-state index in [4.69, 9.17) is 9.47 Å². The van der Waals surface area contributed by atoms with Crippen molar-refractivity contribution in [3.8, 4) is 5.75 Å². The average molecular weight is 293 g/mol. The van der Waals surface area contributed by atoms with E-state index in [0.29, 0.717) is 18.8 Å². The van der Waals surface area contributed by atoms with Crippen molar-refractivity contribution in [2.24, 2.45) is 0 Å². The highest BCUT2D eigenvalue weighted by Gasteiger charge is 2.31. The van der Waals surface area contributed by atoms with Gasteiger partial charge in [-0.15, -0.1) is 0 Å². The van der Waals surface area contributed by atoms with Gasteiger partial charge in [0.2, 0.25) is 0 Å². The highest BCUT2D eigenvalue weighted by Crippen LogP contribution is 2.32. The molecule has 2 atom stereocenters. The number of hydrogen-bond donors (Lipinski definition) is 1. The van der Waals surface area contributed by atoms with E-state index in [1.807, 2.05) is 45.0 Å². The van der Waals surface area contributed by atoms with Crippen LogP contribution in [0.2, 0.25) is 0 Å². The van der Waals surface area contributed by atoms with Crippen LogP contribution in [0.15, 0.2) is 24.3 Å². The van der Waals surface area contributed by atoms with E-state index in [0.717, 1.165) is 5.56 Å². The maximum absolute atomic E-state index is 12.1. The van der Waals surface area contributed by atoms with Gasteiger partial charge in [0.15, 0.2) is 0 Å². The standard InChI is InChI=1S/C16H23NO4/c1-16(2,3)21-15(19)17(4)11-9-13(18)12-7-5-6-8-14(12)20-10-11/h5-8,11,13,18H,9-10H2,1-4H3/t11-,13+/m0/s1. The van der Waals surface area contributed by atoms with Gasteiger partial charge in [-0.1, -0.05) is 18.2 Å². The topological polar surface area (TPSA) is 59.0 Å². The summed E-state index contributed by atoms with van der Waals surface area (Å²) >= 11 is 0. The molecule has 0 radical (unpaired) electrons. The van der Waals surface area contributed by atoms with E-state index in [1.165, 1.54) is 4.90 Å². The molecule has 5 nitrogen and oxygen atoms in total. The Morgan fingerprint density at radius 3 is 2.71 bits per heavy atom. The number of likely N-dealkylation sites (N-methyl/N-ethyl adjacent to an activating group) is 1. The zero-order chi connectivity index (χ0) is 15.6. The third-order valence-corrected chi connectivity index (χ3v) is 3.43. The molecule has 0 fully saturated rings. The Morgan fingerprint density at radius 1 is 1.38 bits per heavy atom. The van der Waals surface area contributed by atoms with Crippen LogP contribution in [0.1, 0.15) is 38.9 Å². The molecule has 0 bridgehead atoms. The van der Waals surface area contributed by atoms with Crippen LogP contribution in [0, 0.1) is 0 Å². The fraction of sp³-hybridized carbons (Fsp3) is 0.562. The molecule has 21 heavy (non-hydrogen) atoms. The van der Waals surface area contributed by atoms with Crippen LogP contribution in [0.3, 0.4) is 0 Å². The van der Waals surface area contributed by atoms with Crippen molar-refractivity contribution >= 4 is 6.09 Å². The van der Waals surface area contributed by atoms with Gasteiger partial charge in [0.25, 0.3) is 0 Å². The molecule has 1 aromatic carbocycles. The SMILES string of the molecule is CN(C(=O)OC(C)(C)C)[C@@H]1COc2ccccc2[C@H](O)C1. The van der Waals surface area contributed by atoms with Crippen LogP contribution in [-0.2, 0) is 4.74 Å². The number of nitrogens with zero attached hydrogens (tertiary/aromatic N) is 1. The second kappa shape index (κ2) is 5.93. The summed E-state index contributed by atoms with van der Waals surface area (Å²) in [5.74, 6) is 0.671. The highest BCUT2D eigenvalue weighted by molar-refractivity contribution is 5.68. The fourth-order valence-corrected chi connectivity index (χ4v) is 2.28. The minimum Gasteiger partial charge on any atom is -0.491 e. The first-order valence-corrected chi connectivity index (χ1v) is 7.13. The molecule has 1 N–H and O–H groups in total. The predicted molar refractivity (Wildman–Crippen MR) is 79.3 cm³/mol. The first kappa shape index (κ1) is 15.6. The molecule has 0 unspecified atom stereocenters. The number of amides is 1. The minimum absolute atomic E-state index is 0.234. The summed E-state index contributed by atoms with van der Waals surface area (Å²) in [4.78, 5) is 13.6. The van der Waals surface area contributed by atoms with Crippen molar-refractivity contribution in [2.75, 3.05) is 13.7 Å². The number of aliphatic hydroxyl groups excluding tert-OH is 1. The molecule has 0 aromatic heterocycles. The number of aliphatic hydroxyl groups is 1. The van der Waals surface area contributed by atoms with Crippen LogP contribution in [-0.4, -0.2) is 41.4 Å². The van der Waals surface area contributed by atoms with E-state index in [1.54, 1.807) is 7.05 Å². The van der Waals surface area contributed by atoms with Gasteiger partial charge < -0.3 is 19.5 Å². The summed E-state index contributed by atoms with van der Waals surface area (Å²) in [6.07, 6.45) is -0.639. The smallest absolute Gasteiger partial charge is 0.410 e. The van der Waals surface area contributed by atoms with Gasteiger partial charge in [-0.3, -0.25) is 0 Å². The molecule has 5 heteroatoms. The number of carbonyl (C=O) groups is 1. The molecule has 1 aliphatic rings. The molecule has 1 amide bonds. The molecular weight excluding hydrogens is 270 g/mol. The van der Waals surface area contributed by atoms with Crippen molar-refractivity contribution in [1.82, 2.24) is 4.90 Å². The third kappa shape index (κ3) is 3.88. The number of fused-ring (bicyclic) bond motifs is 1. The number of rotatable bonds is 1. The van der Waals surface area contributed by atoms with Crippen molar-refractivity contribution in [3.63, 3.8) is 0 Å². The molecule has 1 heterocycles. The Balaban J connectivity index is 2.08. The summed E-state index contributed by atoms with van der Waals surface area (Å²) < 4.78 is 11.1. The van der Waals surface area contributed by atoms with Crippen LogP contribution in [0.25, 0.3) is 0 Å². The lowest BCUT2D eigenvalue weighted by molar-refractivity contribution is 0.0129. The Bertz CT molecular complexity index is 509. The van der Waals surface area contributed by atoms with Crippen LogP contribution < -0.4 is 4.74 Å². The lowest BCUT2D eigenvalue weighted by Crippen LogP contribution is -2.43. The Morgan fingerprint density at radius 2 is 2.05 bits per heavy atom. The lowest BCUT2D eigenvalue weighted by Gasteiger charge is -2.30. The zero-order valence-corrected chi connectivity index (χ0v) is 13.0. The zero-order valence-electron chi connectivity index (χ0n) is 13.0. The van der Waals surface area contributed by atoms with Gasteiger partial charge in [-0.2, -0.15) is 0 Å². The molecule has 2 rings (SSSR count). The van der Waals surface area contributed by atoms with Crippen molar-refractivity contribution in [3.05, 3.63) is 29.8 Å². The van der Waals surface area contributed by atoms with Crippen LogP contribution in [0.5, 0.6) is 5.75 Å². The van der Waals surface area contributed by atoms with E-state index in [9.17, 15) is 9.90 Å². The molecule has 1 aliphatic heterocycles. The largest absolute Gasteiger partial charge is 0.491 e. The Hall–Kier alpha value is -1.75. The lowest BCUT2D eigenvalue weighted by atomic mass is 10.0. The first-order valence-electron chi connectivity index (χ1n) is 7.13. The second-order valence-corrected chi connectivity index (χ2v) is 6.35. The maximum atomic E-state index is 12.1. The average Bonchev–Trinajstić information content (AvgIpc) is 2.56. The molecule has 0 spiro atoms. The van der Waals surface area contributed by atoms with Crippen molar-refractivity contribution in [2.45, 2.75) is 44.9 Å². The Labute approximate surface area is 125 Å². The molecule has 116 valence electrons. The van der Waals surface area contributed by atoms with Crippen molar-refractivity contribution in [1.29, 1.82) is 0 Å². The molecule has 1 aromatic rings. The number of benzene rings is 1. The van der Waals surface area contributed by atoms with E-state index >= 15 is 0 Å². The van der Waals surface area contributed by atoms with E-state index in [2.05, 4.69) is 0 Å². The van der Waals surface area contributed by atoms with Gasteiger partial charge in [0.05, 0.1) is 12.1 Å². The maximum Gasteiger partial charge on any atom is 0.410 e. The number of carbonyl (C=O) groups excluding carboxylic acids is 1. The van der Waals surface area contributed by atoms with E-state index < -0.39 is 17.8 Å². The first-order chi connectivity index (χ1) is 9.78. The molecule has 0 saturated heterocycles. The van der Waals surface area contributed by atoms with Crippen molar-refractivity contribution < 1.29 is 19.4 Å². The summed E-state index contributed by atoms with van der Waals surface area (Å²) in [6, 6.07) is 7.17. The van der Waals surface area contributed by atoms with Gasteiger partial charge in [-0.25, -0.2) is 4.79 Å². The molecule has 0 saturated carbocycles.